The van der Waals surface area contributed by atoms with Gasteiger partial charge in [-0.15, -0.1) is 0 Å². The predicted molar refractivity (Wildman–Crippen MR) is 97.9 cm³/mol. The molecule has 0 aliphatic carbocycles. The average molecular weight is 478 g/mol. The summed E-state index contributed by atoms with van der Waals surface area (Å²) in [6, 6.07) is 4.53. The zero-order valence-corrected chi connectivity index (χ0v) is 16.7. The van der Waals surface area contributed by atoms with Crippen molar-refractivity contribution in [2.75, 3.05) is 0 Å². The van der Waals surface area contributed by atoms with Gasteiger partial charge in [-0.25, -0.2) is 4.79 Å². The molecule has 1 heterocycles. The minimum Gasteiger partial charge on any atom is -0.477 e. The molecule has 3 rings (SSSR count). The van der Waals surface area contributed by atoms with Crippen molar-refractivity contribution in [2.45, 2.75) is 14.7 Å². The number of hydrogen-bond donors (Lipinski definition) is 5. The number of H-pyrrole nitrogens is 1. The Kier molecular flexibility index (Phi) is 4.96. The van der Waals surface area contributed by atoms with Crippen LogP contribution in [0.25, 0.3) is 21.9 Å². The molecule has 160 valence electrons. The summed E-state index contributed by atoms with van der Waals surface area (Å²) < 4.78 is 101. The molecule has 13 nitrogen and oxygen atoms in total. The zero-order chi connectivity index (χ0) is 22.6. The Bertz CT molecular complexity index is 1540. The molecule has 16 heteroatoms. The molecule has 30 heavy (non-hydrogen) atoms. The van der Waals surface area contributed by atoms with Gasteiger partial charge in [0.1, 0.15) is 14.7 Å². The number of carboxylic acid groups (broad SMARTS) is 1. The fraction of sp³-hybridized carbons (Fsp3) is 0. The van der Waals surface area contributed by atoms with Gasteiger partial charge in [0.05, 0.1) is 6.20 Å². The normalized spacial score (nSPS) is 12.9. The molecular formula is C14H10N2O11S3. The number of aromatic amines is 1. The van der Waals surface area contributed by atoms with Crippen molar-refractivity contribution in [1.82, 2.24) is 10.2 Å². The van der Waals surface area contributed by atoms with E-state index in [-0.39, 0.29) is 5.39 Å². The van der Waals surface area contributed by atoms with Crippen LogP contribution in [0.3, 0.4) is 0 Å². The topological polar surface area (TPSA) is 229 Å². The van der Waals surface area contributed by atoms with Crippen LogP contribution in [0.5, 0.6) is 0 Å². The molecule has 0 atom stereocenters. The van der Waals surface area contributed by atoms with Gasteiger partial charge in [-0.1, -0.05) is 24.3 Å². The first-order valence-electron chi connectivity index (χ1n) is 7.44. The van der Waals surface area contributed by atoms with Gasteiger partial charge in [-0.2, -0.15) is 30.4 Å². The second-order valence-corrected chi connectivity index (χ2v) is 9.87. The van der Waals surface area contributed by atoms with E-state index in [1.807, 2.05) is 5.10 Å². The lowest BCUT2D eigenvalue weighted by atomic mass is 9.98. The summed E-state index contributed by atoms with van der Waals surface area (Å²) >= 11 is 0. The minimum atomic E-state index is -5.72. The van der Waals surface area contributed by atoms with Crippen LogP contribution in [0.4, 0.5) is 0 Å². The fourth-order valence-corrected chi connectivity index (χ4v) is 6.62. The van der Waals surface area contributed by atoms with Gasteiger partial charge in [0.25, 0.3) is 30.4 Å². The Morgan fingerprint density at radius 3 is 1.77 bits per heavy atom. The van der Waals surface area contributed by atoms with Gasteiger partial charge < -0.3 is 5.11 Å². The highest BCUT2D eigenvalue weighted by Gasteiger charge is 2.39. The largest absolute Gasteiger partial charge is 0.477 e. The van der Waals surface area contributed by atoms with E-state index >= 15 is 0 Å². The molecule has 0 saturated heterocycles. The molecule has 0 amide bonds. The van der Waals surface area contributed by atoms with Crippen LogP contribution >= 0.6 is 0 Å². The van der Waals surface area contributed by atoms with Crippen LogP contribution in [-0.4, -0.2) is 60.2 Å². The van der Waals surface area contributed by atoms with E-state index < -0.39 is 73.2 Å². The van der Waals surface area contributed by atoms with E-state index in [0.29, 0.717) is 0 Å². The molecule has 0 radical (unpaired) electrons. The van der Waals surface area contributed by atoms with Crippen LogP contribution in [0.15, 0.2) is 45.1 Å². The Labute approximate surface area is 168 Å². The maximum Gasteiger partial charge on any atom is 0.354 e. The Balaban J connectivity index is 2.86. The summed E-state index contributed by atoms with van der Waals surface area (Å²) in [4.78, 5) is 6.46. The highest BCUT2D eigenvalue weighted by atomic mass is 32.2. The summed E-state index contributed by atoms with van der Waals surface area (Å²) in [6.07, 6.45) is 0.792. The minimum absolute atomic E-state index is 0.381. The van der Waals surface area contributed by atoms with Crippen LogP contribution in [0.1, 0.15) is 10.5 Å². The second kappa shape index (κ2) is 6.83. The van der Waals surface area contributed by atoms with E-state index in [1.165, 1.54) is 12.1 Å². The molecule has 2 aromatic carbocycles. The number of aromatic nitrogens is 2. The standard InChI is InChI=1S/C14H10N2O11S3/c17-14(18)10-8(5-15-16-10)9-6-3-1-2-4-7(6)11(28(19,20)21)13(30(25,26)27)12(9)29(22,23)24/h1-5H,(H,15,16)(H,17,18)(H,19,20,21)(H,22,23,24)(H,25,26,27). The van der Waals surface area contributed by atoms with Crippen LogP contribution < -0.4 is 0 Å². The quantitative estimate of drug-likeness (QED) is 0.319. The number of benzene rings is 2. The van der Waals surface area contributed by atoms with Gasteiger partial charge in [-0.05, 0) is 5.39 Å². The summed E-state index contributed by atoms with van der Waals surface area (Å²) in [5, 5.41) is 13.8. The summed E-state index contributed by atoms with van der Waals surface area (Å²) in [7, 11) is -16.9. The van der Waals surface area contributed by atoms with Crippen LogP contribution in [-0.2, 0) is 30.4 Å². The molecular weight excluding hydrogens is 468 g/mol. The maximum atomic E-state index is 12.1. The molecule has 0 unspecified atom stereocenters. The Morgan fingerprint density at radius 2 is 1.30 bits per heavy atom. The van der Waals surface area contributed by atoms with Crippen molar-refractivity contribution in [1.29, 1.82) is 0 Å². The zero-order valence-electron chi connectivity index (χ0n) is 14.2. The van der Waals surface area contributed by atoms with Crippen molar-refractivity contribution >= 4 is 47.1 Å². The van der Waals surface area contributed by atoms with Crippen molar-refractivity contribution in [3.63, 3.8) is 0 Å². The van der Waals surface area contributed by atoms with E-state index in [4.69, 9.17) is 0 Å². The highest BCUT2D eigenvalue weighted by molar-refractivity contribution is 7.90. The van der Waals surface area contributed by atoms with E-state index in [9.17, 15) is 48.8 Å². The van der Waals surface area contributed by atoms with Gasteiger partial charge in [0, 0.05) is 16.5 Å². The Morgan fingerprint density at radius 1 is 0.800 bits per heavy atom. The molecule has 3 aromatic rings. The lowest BCUT2D eigenvalue weighted by Crippen LogP contribution is -2.17. The number of fused-ring (bicyclic) bond motifs is 1. The number of hydrogen-bond acceptors (Lipinski definition) is 8. The lowest BCUT2D eigenvalue weighted by molar-refractivity contribution is 0.0691. The third-order valence-electron chi connectivity index (χ3n) is 3.98. The van der Waals surface area contributed by atoms with E-state index in [2.05, 4.69) is 5.10 Å². The number of nitrogens with zero attached hydrogens (tertiary/aromatic N) is 1. The third kappa shape index (κ3) is 3.55. The highest BCUT2D eigenvalue weighted by Crippen LogP contribution is 2.44. The fourth-order valence-electron chi connectivity index (χ4n) is 3.00. The first-order chi connectivity index (χ1) is 13.7. The molecule has 0 fully saturated rings. The molecule has 1 aromatic heterocycles. The van der Waals surface area contributed by atoms with Crippen LogP contribution in [0, 0.1) is 0 Å². The van der Waals surface area contributed by atoms with Gasteiger partial charge >= 0.3 is 5.97 Å². The number of rotatable bonds is 5. The third-order valence-corrected chi connectivity index (χ3v) is 7.02. The number of nitrogens with one attached hydrogen (secondary N) is 1. The smallest absolute Gasteiger partial charge is 0.354 e. The first kappa shape index (κ1) is 21.8. The average Bonchev–Trinajstić information content (AvgIpc) is 3.06. The predicted octanol–water partition coefficient (Wildman–Crippen LogP) is 0.668. The van der Waals surface area contributed by atoms with Crippen molar-refractivity contribution < 1.29 is 48.8 Å². The van der Waals surface area contributed by atoms with Crippen molar-refractivity contribution in [3.8, 4) is 11.1 Å². The van der Waals surface area contributed by atoms with E-state index in [1.54, 1.807) is 0 Å². The number of carboxylic acids is 1. The monoisotopic (exact) mass is 478 g/mol. The summed E-state index contributed by atoms with van der Waals surface area (Å²) in [5.41, 5.74) is -2.05. The lowest BCUT2D eigenvalue weighted by Gasteiger charge is -2.17. The Hall–Kier alpha value is -2.89. The van der Waals surface area contributed by atoms with Crippen molar-refractivity contribution in [3.05, 3.63) is 36.2 Å². The number of carbonyl (C=O) groups is 1. The van der Waals surface area contributed by atoms with Gasteiger partial charge in [0.2, 0.25) is 0 Å². The van der Waals surface area contributed by atoms with Gasteiger partial charge in [0.15, 0.2) is 5.69 Å². The molecule has 0 aliphatic heterocycles. The van der Waals surface area contributed by atoms with Crippen molar-refractivity contribution in [2.24, 2.45) is 0 Å². The SMILES string of the molecule is O=C(O)c1[nH]ncc1-c1c(S(=O)(=O)O)c(S(=O)(=O)O)c(S(=O)(=O)O)c2ccccc12. The number of aromatic carboxylic acids is 1. The maximum absolute atomic E-state index is 12.1. The van der Waals surface area contributed by atoms with Gasteiger partial charge in [-0.3, -0.25) is 18.8 Å². The molecule has 0 bridgehead atoms. The second-order valence-electron chi connectivity index (χ2n) is 5.80. The molecule has 0 spiro atoms. The summed E-state index contributed by atoms with van der Waals surface area (Å²) in [5.74, 6) is -1.65. The molecule has 5 N–H and O–H groups in total. The van der Waals surface area contributed by atoms with E-state index in [0.717, 1.165) is 18.3 Å². The summed E-state index contributed by atoms with van der Waals surface area (Å²) in [6.45, 7) is 0. The first-order valence-corrected chi connectivity index (χ1v) is 11.8. The molecule has 0 saturated carbocycles. The van der Waals surface area contributed by atoms with Crippen LogP contribution in [0.2, 0.25) is 0 Å². The molecule has 0 aliphatic rings.